The molecule has 0 bridgehead atoms. The second kappa shape index (κ2) is 7.60. The van der Waals surface area contributed by atoms with Gasteiger partial charge in [0.25, 0.3) is 0 Å². The molecule has 1 nitrogen and oxygen atoms in total. The number of nitrogens with zero attached hydrogens (tertiary/aromatic N) is 1. The second-order valence-corrected chi connectivity index (χ2v) is 4.17. The lowest BCUT2D eigenvalue weighted by atomic mass is 10.0. The molecule has 74 valence electrons. The molecule has 0 fully saturated rings. The van der Waals surface area contributed by atoms with Gasteiger partial charge in [-0.2, -0.15) is 0 Å². The molecule has 0 saturated heterocycles. The summed E-state index contributed by atoms with van der Waals surface area (Å²) in [6.45, 7) is 5.89. The average molecular weight is 171 g/mol. The monoisotopic (exact) mass is 171 g/mol. The fourth-order valence-electron chi connectivity index (χ4n) is 1.30. The van der Waals surface area contributed by atoms with Gasteiger partial charge in [-0.15, -0.1) is 0 Å². The summed E-state index contributed by atoms with van der Waals surface area (Å²) < 4.78 is 0. The molecule has 0 spiro atoms. The van der Waals surface area contributed by atoms with Crippen molar-refractivity contribution in [1.82, 2.24) is 4.90 Å². The maximum absolute atomic E-state index is 2.35. The largest absolute Gasteiger partial charge is 0.309 e. The van der Waals surface area contributed by atoms with E-state index >= 15 is 0 Å². The molecular formula is C11H25N. The van der Waals surface area contributed by atoms with Crippen LogP contribution in [-0.4, -0.2) is 25.5 Å². The van der Waals surface area contributed by atoms with Crippen LogP contribution in [0.3, 0.4) is 0 Å². The van der Waals surface area contributed by atoms with Gasteiger partial charge in [0.15, 0.2) is 0 Å². The zero-order chi connectivity index (χ0) is 9.40. The standard InChI is InChI=1S/C11H25N/c1-5-11(2)9-7-6-8-10-12(3)4/h11H,5-10H2,1-4H3/t11-/m0/s1. The van der Waals surface area contributed by atoms with E-state index in [1.54, 1.807) is 0 Å². The Labute approximate surface area is 78.1 Å². The van der Waals surface area contributed by atoms with Crippen molar-refractivity contribution in [2.75, 3.05) is 20.6 Å². The summed E-state index contributed by atoms with van der Waals surface area (Å²) in [7, 11) is 4.29. The molecule has 0 saturated carbocycles. The SMILES string of the molecule is CC[C@H](C)CCCCCN(C)C. The highest BCUT2D eigenvalue weighted by molar-refractivity contribution is 4.52. The molecule has 0 aliphatic heterocycles. The highest BCUT2D eigenvalue weighted by atomic mass is 15.0. The molecule has 0 N–H and O–H groups in total. The minimum absolute atomic E-state index is 0.935. The van der Waals surface area contributed by atoms with E-state index < -0.39 is 0 Å². The number of hydrogen-bond acceptors (Lipinski definition) is 1. The molecule has 1 heteroatoms. The van der Waals surface area contributed by atoms with Gasteiger partial charge in [-0.05, 0) is 33.0 Å². The van der Waals surface area contributed by atoms with E-state index in [1.165, 1.54) is 38.6 Å². The van der Waals surface area contributed by atoms with Crippen LogP contribution in [0.4, 0.5) is 0 Å². The quantitative estimate of drug-likeness (QED) is 0.532. The second-order valence-electron chi connectivity index (χ2n) is 4.17. The van der Waals surface area contributed by atoms with Crippen LogP contribution < -0.4 is 0 Å². The zero-order valence-corrected chi connectivity index (χ0v) is 9.27. The lowest BCUT2D eigenvalue weighted by molar-refractivity contribution is 0.383. The van der Waals surface area contributed by atoms with Gasteiger partial charge in [0.2, 0.25) is 0 Å². The van der Waals surface area contributed by atoms with Crippen LogP contribution >= 0.6 is 0 Å². The highest BCUT2D eigenvalue weighted by Gasteiger charge is 1.97. The molecule has 0 aliphatic rings. The first-order valence-corrected chi connectivity index (χ1v) is 5.31. The van der Waals surface area contributed by atoms with Crippen molar-refractivity contribution < 1.29 is 0 Å². The number of unbranched alkanes of at least 4 members (excludes halogenated alkanes) is 2. The van der Waals surface area contributed by atoms with Crippen LogP contribution in [0.5, 0.6) is 0 Å². The first-order chi connectivity index (χ1) is 5.66. The summed E-state index contributed by atoms with van der Waals surface area (Å²) in [5, 5.41) is 0. The molecule has 0 aromatic carbocycles. The van der Waals surface area contributed by atoms with Crippen LogP contribution in [-0.2, 0) is 0 Å². The van der Waals surface area contributed by atoms with Gasteiger partial charge in [0.1, 0.15) is 0 Å². The minimum atomic E-state index is 0.935. The third kappa shape index (κ3) is 8.06. The normalized spacial score (nSPS) is 13.8. The molecule has 0 rings (SSSR count). The van der Waals surface area contributed by atoms with E-state index in [0.717, 1.165) is 5.92 Å². The molecule has 12 heavy (non-hydrogen) atoms. The van der Waals surface area contributed by atoms with Crippen molar-refractivity contribution in [3.63, 3.8) is 0 Å². The maximum Gasteiger partial charge on any atom is -0.00248 e. The van der Waals surface area contributed by atoms with Crippen LogP contribution in [0, 0.1) is 5.92 Å². The number of rotatable bonds is 7. The summed E-state index contributed by atoms with van der Waals surface area (Å²) in [4.78, 5) is 2.27. The molecule has 0 radical (unpaired) electrons. The third-order valence-corrected chi connectivity index (χ3v) is 2.50. The van der Waals surface area contributed by atoms with E-state index in [-0.39, 0.29) is 0 Å². The summed E-state index contributed by atoms with van der Waals surface area (Å²) in [6.07, 6.45) is 6.95. The summed E-state index contributed by atoms with van der Waals surface area (Å²) >= 11 is 0. The van der Waals surface area contributed by atoms with Crippen molar-refractivity contribution >= 4 is 0 Å². The Hall–Kier alpha value is -0.0400. The predicted octanol–water partition coefficient (Wildman–Crippen LogP) is 3.15. The van der Waals surface area contributed by atoms with E-state index in [0.29, 0.717) is 0 Å². The van der Waals surface area contributed by atoms with Crippen LogP contribution in [0.1, 0.15) is 46.0 Å². The van der Waals surface area contributed by atoms with Gasteiger partial charge in [-0.1, -0.05) is 39.5 Å². The average Bonchev–Trinajstić information content (AvgIpc) is 2.03. The zero-order valence-electron chi connectivity index (χ0n) is 9.27. The Balaban J connectivity index is 3.00. The topological polar surface area (TPSA) is 3.24 Å². The fraction of sp³-hybridized carbons (Fsp3) is 1.00. The van der Waals surface area contributed by atoms with E-state index in [2.05, 4.69) is 32.8 Å². The molecule has 0 unspecified atom stereocenters. The molecule has 0 aromatic rings. The lowest BCUT2D eigenvalue weighted by Crippen LogP contribution is -2.12. The smallest absolute Gasteiger partial charge is 0.00248 e. The molecule has 0 amide bonds. The van der Waals surface area contributed by atoms with Gasteiger partial charge >= 0.3 is 0 Å². The van der Waals surface area contributed by atoms with Crippen molar-refractivity contribution in [2.24, 2.45) is 5.92 Å². The first kappa shape index (κ1) is 12.0. The first-order valence-electron chi connectivity index (χ1n) is 5.31. The Morgan fingerprint density at radius 1 is 1.08 bits per heavy atom. The summed E-state index contributed by atoms with van der Waals surface area (Å²) in [5.41, 5.74) is 0. The fourth-order valence-corrected chi connectivity index (χ4v) is 1.30. The Morgan fingerprint density at radius 3 is 2.25 bits per heavy atom. The number of hydrogen-bond donors (Lipinski definition) is 0. The van der Waals surface area contributed by atoms with E-state index in [1.807, 2.05) is 0 Å². The molecular weight excluding hydrogens is 146 g/mol. The molecule has 0 aliphatic carbocycles. The Bertz CT molecular complexity index is 89.0. The van der Waals surface area contributed by atoms with Gasteiger partial charge in [0, 0.05) is 0 Å². The van der Waals surface area contributed by atoms with Crippen molar-refractivity contribution in [3.8, 4) is 0 Å². The van der Waals surface area contributed by atoms with Crippen LogP contribution in [0.15, 0.2) is 0 Å². The van der Waals surface area contributed by atoms with E-state index in [9.17, 15) is 0 Å². The summed E-state index contributed by atoms with van der Waals surface area (Å²) in [5.74, 6) is 0.935. The predicted molar refractivity (Wildman–Crippen MR) is 56.5 cm³/mol. The van der Waals surface area contributed by atoms with Gasteiger partial charge in [-0.25, -0.2) is 0 Å². The maximum atomic E-state index is 2.35. The van der Waals surface area contributed by atoms with Crippen molar-refractivity contribution in [1.29, 1.82) is 0 Å². The van der Waals surface area contributed by atoms with Gasteiger partial charge in [-0.3, -0.25) is 0 Å². The lowest BCUT2D eigenvalue weighted by Gasteiger charge is -2.10. The third-order valence-electron chi connectivity index (χ3n) is 2.50. The van der Waals surface area contributed by atoms with E-state index in [4.69, 9.17) is 0 Å². The Kier molecular flexibility index (Phi) is 7.58. The van der Waals surface area contributed by atoms with Crippen LogP contribution in [0.25, 0.3) is 0 Å². The van der Waals surface area contributed by atoms with Gasteiger partial charge in [0.05, 0.1) is 0 Å². The molecule has 0 aromatic heterocycles. The summed E-state index contributed by atoms with van der Waals surface area (Å²) in [6, 6.07) is 0. The van der Waals surface area contributed by atoms with Crippen LogP contribution in [0.2, 0.25) is 0 Å². The molecule has 1 atom stereocenters. The molecule has 0 heterocycles. The highest BCUT2D eigenvalue weighted by Crippen LogP contribution is 2.11. The van der Waals surface area contributed by atoms with Crippen molar-refractivity contribution in [3.05, 3.63) is 0 Å². The Morgan fingerprint density at radius 2 is 1.75 bits per heavy atom. The van der Waals surface area contributed by atoms with Crippen molar-refractivity contribution in [2.45, 2.75) is 46.0 Å². The van der Waals surface area contributed by atoms with Gasteiger partial charge < -0.3 is 4.90 Å². The minimum Gasteiger partial charge on any atom is -0.309 e.